The number of phenols is 1. The highest BCUT2D eigenvalue weighted by Gasteiger charge is 2.13. The van der Waals surface area contributed by atoms with Gasteiger partial charge in [0, 0.05) is 42.2 Å². The first-order valence-electron chi connectivity index (χ1n) is 7.52. The summed E-state index contributed by atoms with van der Waals surface area (Å²) in [7, 11) is 1.61. The number of hydrogen-bond acceptors (Lipinski definition) is 4. The lowest BCUT2D eigenvalue weighted by Crippen LogP contribution is -2.19. The molecule has 0 spiro atoms. The monoisotopic (exact) mass is 344 g/mol. The second-order valence-electron chi connectivity index (χ2n) is 5.56. The fraction of sp³-hybridized carbons (Fsp3) is 0.235. The van der Waals surface area contributed by atoms with Gasteiger partial charge in [-0.05, 0) is 36.8 Å². The lowest BCUT2D eigenvalue weighted by Gasteiger charge is -2.09. The van der Waals surface area contributed by atoms with E-state index in [1.54, 1.807) is 13.1 Å². The van der Waals surface area contributed by atoms with E-state index in [1.165, 1.54) is 6.07 Å². The van der Waals surface area contributed by atoms with E-state index < -0.39 is 0 Å². The fourth-order valence-electron chi connectivity index (χ4n) is 2.69. The molecule has 24 heavy (non-hydrogen) atoms. The smallest absolute Gasteiger partial charge is 0.221 e. The van der Waals surface area contributed by atoms with Crippen molar-refractivity contribution in [1.29, 1.82) is 0 Å². The van der Waals surface area contributed by atoms with Crippen LogP contribution in [0.4, 0.5) is 0 Å². The Kier molecular flexibility index (Phi) is 4.40. The Bertz CT molecular complexity index is 897. The Hall–Kier alpha value is -2.60. The van der Waals surface area contributed by atoms with Gasteiger partial charge in [0.05, 0.1) is 5.69 Å². The Labute approximate surface area is 144 Å². The molecule has 7 heteroatoms. The van der Waals surface area contributed by atoms with Crippen LogP contribution in [-0.4, -0.2) is 32.8 Å². The van der Waals surface area contributed by atoms with E-state index in [2.05, 4.69) is 15.5 Å². The number of aromatic hydroxyl groups is 1. The maximum atomic E-state index is 11.4. The SMILES string of the molecule is CNC(=O)CCn1ccc2cc(-c3c(C)cc(Cl)cc3O)nnc21. The number of fused-ring (bicyclic) bond motifs is 1. The van der Waals surface area contributed by atoms with E-state index in [-0.39, 0.29) is 11.7 Å². The number of phenolic OH excluding ortho intramolecular Hbond substituents is 1. The topological polar surface area (TPSA) is 80.0 Å². The quantitative estimate of drug-likeness (QED) is 0.762. The molecule has 0 unspecified atom stereocenters. The summed E-state index contributed by atoms with van der Waals surface area (Å²) in [6.07, 6.45) is 2.25. The van der Waals surface area contributed by atoms with Crippen molar-refractivity contribution in [3.63, 3.8) is 0 Å². The molecule has 1 aromatic carbocycles. The van der Waals surface area contributed by atoms with Crippen LogP contribution in [0.25, 0.3) is 22.3 Å². The van der Waals surface area contributed by atoms with Crippen LogP contribution in [0.5, 0.6) is 5.75 Å². The normalized spacial score (nSPS) is 11.0. The maximum Gasteiger partial charge on any atom is 0.221 e. The second-order valence-corrected chi connectivity index (χ2v) is 5.99. The summed E-state index contributed by atoms with van der Waals surface area (Å²) in [4.78, 5) is 11.4. The highest BCUT2D eigenvalue weighted by atomic mass is 35.5. The van der Waals surface area contributed by atoms with Gasteiger partial charge in [0.2, 0.25) is 5.91 Å². The highest BCUT2D eigenvalue weighted by Crippen LogP contribution is 2.34. The van der Waals surface area contributed by atoms with Crippen molar-refractivity contribution in [2.45, 2.75) is 19.9 Å². The van der Waals surface area contributed by atoms with Crippen molar-refractivity contribution in [3.8, 4) is 17.0 Å². The van der Waals surface area contributed by atoms with Gasteiger partial charge in [0.25, 0.3) is 0 Å². The third kappa shape index (κ3) is 3.05. The predicted octanol–water partition coefficient (Wildman–Crippen LogP) is 2.90. The molecule has 0 fully saturated rings. The molecule has 0 bridgehead atoms. The van der Waals surface area contributed by atoms with Crippen LogP contribution in [0, 0.1) is 6.92 Å². The summed E-state index contributed by atoms with van der Waals surface area (Å²) in [5.41, 5.74) is 2.73. The number of hydrogen-bond donors (Lipinski definition) is 2. The number of amides is 1. The molecule has 1 amide bonds. The van der Waals surface area contributed by atoms with E-state index in [4.69, 9.17) is 11.6 Å². The largest absolute Gasteiger partial charge is 0.507 e. The summed E-state index contributed by atoms with van der Waals surface area (Å²) < 4.78 is 1.88. The number of aryl methyl sites for hydroxylation is 2. The fourth-order valence-corrected chi connectivity index (χ4v) is 2.96. The van der Waals surface area contributed by atoms with Crippen molar-refractivity contribution < 1.29 is 9.90 Å². The Balaban J connectivity index is 1.98. The van der Waals surface area contributed by atoms with E-state index >= 15 is 0 Å². The molecule has 0 atom stereocenters. The standard InChI is InChI=1S/C17H17ClN4O2/c1-10-7-12(18)9-14(23)16(10)13-8-11-3-5-22(17(11)21-20-13)6-4-15(24)19-2/h3,5,7-9,23H,4,6H2,1-2H3,(H,19,24). The van der Waals surface area contributed by atoms with Crippen molar-refractivity contribution in [2.24, 2.45) is 0 Å². The molecular formula is C17H17ClN4O2. The molecule has 6 nitrogen and oxygen atoms in total. The summed E-state index contributed by atoms with van der Waals surface area (Å²) >= 11 is 5.95. The number of halogens is 1. The number of carbonyl (C=O) groups excluding carboxylic acids is 1. The third-order valence-electron chi connectivity index (χ3n) is 3.90. The van der Waals surface area contributed by atoms with Crippen LogP contribution in [0.15, 0.2) is 30.5 Å². The number of rotatable bonds is 4. The molecule has 2 aromatic heterocycles. The van der Waals surface area contributed by atoms with Crippen molar-refractivity contribution in [2.75, 3.05) is 7.05 Å². The number of benzene rings is 1. The average molecular weight is 345 g/mol. The number of nitrogens with zero attached hydrogens (tertiary/aromatic N) is 3. The first kappa shape index (κ1) is 16.3. The predicted molar refractivity (Wildman–Crippen MR) is 93.1 cm³/mol. The summed E-state index contributed by atoms with van der Waals surface area (Å²) in [5.74, 6) is 0.0517. The van der Waals surface area contributed by atoms with E-state index in [9.17, 15) is 9.90 Å². The second kappa shape index (κ2) is 6.49. The van der Waals surface area contributed by atoms with Crippen LogP contribution >= 0.6 is 11.6 Å². The molecule has 124 valence electrons. The van der Waals surface area contributed by atoms with Gasteiger partial charge in [-0.2, -0.15) is 0 Å². The van der Waals surface area contributed by atoms with Gasteiger partial charge in [-0.25, -0.2) is 0 Å². The maximum absolute atomic E-state index is 11.4. The zero-order chi connectivity index (χ0) is 17.3. The minimum absolute atomic E-state index is 0.0249. The van der Waals surface area contributed by atoms with Crippen LogP contribution in [0.2, 0.25) is 5.02 Å². The molecule has 3 aromatic rings. The van der Waals surface area contributed by atoms with Crippen LogP contribution in [0.1, 0.15) is 12.0 Å². The van der Waals surface area contributed by atoms with Gasteiger partial charge in [-0.3, -0.25) is 4.79 Å². The van der Waals surface area contributed by atoms with Gasteiger partial charge >= 0.3 is 0 Å². The van der Waals surface area contributed by atoms with E-state index in [0.29, 0.717) is 34.9 Å². The molecule has 0 aliphatic heterocycles. The Morgan fingerprint density at radius 1 is 1.33 bits per heavy atom. The Morgan fingerprint density at radius 3 is 2.83 bits per heavy atom. The average Bonchev–Trinajstić information content (AvgIpc) is 2.94. The molecule has 0 saturated carbocycles. The van der Waals surface area contributed by atoms with Gasteiger partial charge in [-0.1, -0.05) is 11.6 Å². The van der Waals surface area contributed by atoms with Crippen LogP contribution in [-0.2, 0) is 11.3 Å². The number of carbonyl (C=O) groups is 1. The van der Waals surface area contributed by atoms with Crippen LogP contribution < -0.4 is 5.32 Å². The minimum Gasteiger partial charge on any atom is -0.507 e. The van der Waals surface area contributed by atoms with Gasteiger partial charge in [0.1, 0.15) is 5.75 Å². The van der Waals surface area contributed by atoms with Gasteiger partial charge in [0.15, 0.2) is 5.65 Å². The minimum atomic E-state index is -0.0249. The lowest BCUT2D eigenvalue weighted by molar-refractivity contribution is -0.120. The van der Waals surface area contributed by atoms with Crippen molar-refractivity contribution in [3.05, 3.63) is 41.0 Å². The van der Waals surface area contributed by atoms with Gasteiger partial charge in [-0.15, -0.1) is 10.2 Å². The third-order valence-corrected chi connectivity index (χ3v) is 4.12. The molecule has 0 aliphatic rings. The summed E-state index contributed by atoms with van der Waals surface area (Å²) in [6.45, 7) is 2.39. The molecule has 0 radical (unpaired) electrons. The number of nitrogens with one attached hydrogen (secondary N) is 1. The van der Waals surface area contributed by atoms with E-state index in [1.807, 2.05) is 29.8 Å². The van der Waals surface area contributed by atoms with E-state index in [0.717, 1.165) is 10.9 Å². The Morgan fingerprint density at radius 2 is 2.12 bits per heavy atom. The zero-order valence-corrected chi connectivity index (χ0v) is 14.1. The molecular weight excluding hydrogens is 328 g/mol. The molecule has 2 N–H and O–H groups in total. The van der Waals surface area contributed by atoms with Crippen molar-refractivity contribution >= 4 is 28.5 Å². The molecule has 0 aliphatic carbocycles. The summed E-state index contributed by atoms with van der Waals surface area (Å²) in [6, 6.07) is 7.05. The molecule has 3 rings (SSSR count). The first-order chi connectivity index (χ1) is 11.5. The highest BCUT2D eigenvalue weighted by molar-refractivity contribution is 6.31. The lowest BCUT2D eigenvalue weighted by atomic mass is 10.0. The van der Waals surface area contributed by atoms with Gasteiger partial charge < -0.3 is 15.0 Å². The first-order valence-corrected chi connectivity index (χ1v) is 7.90. The summed E-state index contributed by atoms with van der Waals surface area (Å²) in [5, 5.41) is 22.6. The number of aromatic nitrogens is 3. The van der Waals surface area contributed by atoms with Crippen molar-refractivity contribution in [1.82, 2.24) is 20.1 Å². The van der Waals surface area contributed by atoms with Crippen LogP contribution in [0.3, 0.4) is 0 Å². The zero-order valence-electron chi connectivity index (χ0n) is 13.4. The molecule has 0 saturated heterocycles. The molecule has 2 heterocycles.